The molecule has 0 bridgehead atoms. The molecule has 0 atom stereocenters. The Morgan fingerprint density at radius 3 is 2.48 bits per heavy atom. The fraction of sp³-hybridized carbons (Fsp3) is 0.333. The summed E-state index contributed by atoms with van der Waals surface area (Å²) < 4.78 is 5.26. The Kier molecular flexibility index (Phi) is 4.73. The average molecular weight is 284 g/mol. The molecule has 2 aromatic carbocycles. The van der Waals surface area contributed by atoms with Crippen LogP contribution in [0, 0.1) is 0 Å². The summed E-state index contributed by atoms with van der Waals surface area (Å²) in [5.41, 5.74) is 8.93. The van der Waals surface area contributed by atoms with Gasteiger partial charge in [0.15, 0.2) is 0 Å². The summed E-state index contributed by atoms with van der Waals surface area (Å²) in [5, 5.41) is 3.54. The Morgan fingerprint density at radius 1 is 1.10 bits per heavy atom. The summed E-state index contributed by atoms with van der Waals surface area (Å²) in [6.07, 6.45) is 2.08. The molecule has 0 aliphatic heterocycles. The van der Waals surface area contributed by atoms with Crippen molar-refractivity contribution in [2.75, 3.05) is 18.2 Å². The Balaban J connectivity index is 2.01. The van der Waals surface area contributed by atoms with Crippen LogP contribution < -0.4 is 15.8 Å². The highest BCUT2D eigenvalue weighted by molar-refractivity contribution is 5.60. The number of nitrogens with two attached hydrogens (primary N) is 1. The third-order valence-corrected chi connectivity index (χ3v) is 3.53. The molecule has 0 fully saturated rings. The zero-order chi connectivity index (χ0) is 15.3. The summed E-state index contributed by atoms with van der Waals surface area (Å²) in [5.74, 6) is 0.774. The minimum atomic E-state index is -0.0192. The number of hydrogen-bond donors (Lipinski definition) is 2. The summed E-state index contributed by atoms with van der Waals surface area (Å²) >= 11 is 0. The van der Waals surface area contributed by atoms with E-state index in [0.717, 1.165) is 24.3 Å². The number of nitrogens with one attached hydrogen (secondary N) is 1. The standard InChI is InChI=1S/C18H24N2O/c1-18(2,10-9-14-7-5-4-6-8-14)20-16-11-15(19)12-17(13-16)21-3/h4-8,11-13,20H,9-10,19H2,1-3H3. The van der Waals surface area contributed by atoms with Gasteiger partial charge in [-0.15, -0.1) is 0 Å². The number of benzene rings is 2. The molecule has 0 aromatic heterocycles. The molecule has 0 saturated heterocycles. The molecular formula is C18H24N2O. The Morgan fingerprint density at radius 2 is 1.81 bits per heavy atom. The minimum Gasteiger partial charge on any atom is -0.497 e. The number of nitrogen functional groups attached to an aromatic ring is 1. The number of aryl methyl sites for hydroxylation is 1. The molecular weight excluding hydrogens is 260 g/mol. The van der Waals surface area contributed by atoms with Crippen molar-refractivity contribution in [3.8, 4) is 5.75 Å². The van der Waals surface area contributed by atoms with Gasteiger partial charge in [-0.1, -0.05) is 30.3 Å². The van der Waals surface area contributed by atoms with Gasteiger partial charge in [0.25, 0.3) is 0 Å². The Hall–Kier alpha value is -2.16. The van der Waals surface area contributed by atoms with Crippen LogP contribution >= 0.6 is 0 Å². The lowest BCUT2D eigenvalue weighted by Gasteiger charge is -2.28. The smallest absolute Gasteiger partial charge is 0.122 e. The summed E-state index contributed by atoms with van der Waals surface area (Å²) in [4.78, 5) is 0. The highest BCUT2D eigenvalue weighted by atomic mass is 16.5. The van der Waals surface area contributed by atoms with Crippen LogP contribution in [-0.4, -0.2) is 12.6 Å². The third-order valence-electron chi connectivity index (χ3n) is 3.53. The SMILES string of the molecule is COc1cc(N)cc(NC(C)(C)CCc2ccccc2)c1. The first kappa shape index (κ1) is 15.2. The fourth-order valence-corrected chi connectivity index (χ4v) is 2.37. The van der Waals surface area contributed by atoms with Crippen LogP contribution in [0.3, 0.4) is 0 Å². The van der Waals surface area contributed by atoms with E-state index in [0.29, 0.717) is 5.69 Å². The normalized spacial score (nSPS) is 11.2. The van der Waals surface area contributed by atoms with Crippen molar-refractivity contribution >= 4 is 11.4 Å². The number of ether oxygens (including phenoxy) is 1. The van der Waals surface area contributed by atoms with Gasteiger partial charge in [0.1, 0.15) is 5.75 Å². The lowest BCUT2D eigenvalue weighted by atomic mass is 9.95. The van der Waals surface area contributed by atoms with E-state index in [9.17, 15) is 0 Å². The van der Waals surface area contributed by atoms with Gasteiger partial charge < -0.3 is 15.8 Å². The quantitative estimate of drug-likeness (QED) is 0.785. The van der Waals surface area contributed by atoms with Crippen molar-refractivity contribution < 1.29 is 4.74 Å². The third kappa shape index (κ3) is 4.71. The second-order valence-corrected chi connectivity index (χ2v) is 5.99. The monoisotopic (exact) mass is 284 g/mol. The molecule has 0 radical (unpaired) electrons. The van der Waals surface area contributed by atoms with Crippen LogP contribution in [0.2, 0.25) is 0 Å². The van der Waals surface area contributed by atoms with Crippen molar-refractivity contribution in [3.63, 3.8) is 0 Å². The van der Waals surface area contributed by atoms with Crippen LogP contribution in [0.5, 0.6) is 5.75 Å². The van der Waals surface area contributed by atoms with Gasteiger partial charge in [-0.05, 0) is 38.3 Å². The minimum absolute atomic E-state index is 0.0192. The molecule has 0 unspecified atom stereocenters. The van der Waals surface area contributed by atoms with E-state index in [1.165, 1.54) is 5.56 Å². The van der Waals surface area contributed by atoms with Crippen molar-refractivity contribution in [2.45, 2.75) is 32.2 Å². The zero-order valence-electron chi connectivity index (χ0n) is 13.0. The highest BCUT2D eigenvalue weighted by Crippen LogP contribution is 2.26. The maximum Gasteiger partial charge on any atom is 0.122 e. The van der Waals surface area contributed by atoms with Crippen LogP contribution in [0.1, 0.15) is 25.8 Å². The van der Waals surface area contributed by atoms with Gasteiger partial charge in [0, 0.05) is 29.0 Å². The number of rotatable bonds is 6. The molecule has 0 amide bonds. The summed E-state index contributed by atoms with van der Waals surface area (Å²) in [7, 11) is 1.65. The molecule has 2 aromatic rings. The summed E-state index contributed by atoms with van der Waals surface area (Å²) in [6.45, 7) is 4.40. The second-order valence-electron chi connectivity index (χ2n) is 5.99. The van der Waals surface area contributed by atoms with Gasteiger partial charge in [-0.2, -0.15) is 0 Å². The molecule has 21 heavy (non-hydrogen) atoms. The number of hydrogen-bond acceptors (Lipinski definition) is 3. The molecule has 0 saturated carbocycles. The second kappa shape index (κ2) is 6.53. The van der Waals surface area contributed by atoms with Gasteiger partial charge in [0.05, 0.1) is 7.11 Å². The van der Waals surface area contributed by atoms with Gasteiger partial charge in [-0.3, -0.25) is 0 Å². The van der Waals surface area contributed by atoms with Crippen LogP contribution in [0.15, 0.2) is 48.5 Å². The zero-order valence-corrected chi connectivity index (χ0v) is 13.0. The molecule has 3 N–H and O–H groups in total. The van der Waals surface area contributed by atoms with E-state index in [4.69, 9.17) is 10.5 Å². The fourth-order valence-electron chi connectivity index (χ4n) is 2.37. The molecule has 2 rings (SSSR count). The predicted molar refractivity (Wildman–Crippen MR) is 89.9 cm³/mol. The lowest BCUT2D eigenvalue weighted by molar-refractivity contribution is 0.415. The largest absolute Gasteiger partial charge is 0.497 e. The first-order valence-corrected chi connectivity index (χ1v) is 7.25. The van der Waals surface area contributed by atoms with E-state index < -0.39 is 0 Å². The number of methoxy groups -OCH3 is 1. The van der Waals surface area contributed by atoms with Crippen molar-refractivity contribution in [1.82, 2.24) is 0 Å². The van der Waals surface area contributed by atoms with Crippen LogP contribution in [-0.2, 0) is 6.42 Å². The Labute approximate surface area is 127 Å². The Bertz CT molecular complexity index is 579. The van der Waals surface area contributed by atoms with E-state index in [2.05, 4.69) is 43.4 Å². The van der Waals surface area contributed by atoms with E-state index in [-0.39, 0.29) is 5.54 Å². The maximum atomic E-state index is 5.90. The van der Waals surface area contributed by atoms with Crippen molar-refractivity contribution in [1.29, 1.82) is 0 Å². The van der Waals surface area contributed by atoms with Crippen molar-refractivity contribution in [3.05, 3.63) is 54.1 Å². The van der Waals surface area contributed by atoms with Gasteiger partial charge in [0.2, 0.25) is 0 Å². The average Bonchev–Trinajstić information content (AvgIpc) is 2.45. The first-order chi connectivity index (χ1) is 9.98. The predicted octanol–water partition coefficient (Wildman–Crippen LogP) is 4.10. The van der Waals surface area contributed by atoms with E-state index in [1.807, 2.05) is 24.3 Å². The maximum absolute atomic E-state index is 5.90. The first-order valence-electron chi connectivity index (χ1n) is 7.25. The van der Waals surface area contributed by atoms with Crippen molar-refractivity contribution in [2.24, 2.45) is 0 Å². The molecule has 0 heterocycles. The van der Waals surface area contributed by atoms with E-state index >= 15 is 0 Å². The molecule has 3 nitrogen and oxygen atoms in total. The molecule has 0 aliphatic rings. The lowest BCUT2D eigenvalue weighted by Crippen LogP contribution is -2.31. The molecule has 0 aliphatic carbocycles. The van der Waals surface area contributed by atoms with E-state index in [1.54, 1.807) is 7.11 Å². The molecule has 0 spiro atoms. The molecule has 112 valence electrons. The van der Waals surface area contributed by atoms with Gasteiger partial charge in [-0.25, -0.2) is 0 Å². The van der Waals surface area contributed by atoms with Gasteiger partial charge >= 0.3 is 0 Å². The van der Waals surface area contributed by atoms with Crippen LogP contribution in [0.25, 0.3) is 0 Å². The summed E-state index contributed by atoms with van der Waals surface area (Å²) in [6, 6.07) is 16.3. The molecule has 3 heteroatoms. The number of anilines is 2. The van der Waals surface area contributed by atoms with Crippen LogP contribution in [0.4, 0.5) is 11.4 Å². The highest BCUT2D eigenvalue weighted by Gasteiger charge is 2.17. The topological polar surface area (TPSA) is 47.3 Å².